The van der Waals surface area contributed by atoms with E-state index in [0.29, 0.717) is 10.7 Å². The summed E-state index contributed by atoms with van der Waals surface area (Å²) in [5.74, 6) is -0.808. The Morgan fingerprint density at radius 1 is 1.04 bits per heavy atom. The average molecular weight is 339 g/mol. The molecule has 0 aliphatic carbocycles. The summed E-state index contributed by atoms with van der Waals surface area (Å²) in [6.07, 6.45) is 4.90. The first-order chi connectivity index (χ1) is 11.6. The number of anilines is 1. The van der Waals surface area contributed by atoms with Gasteiger partial charge in [0.15, 0.2) is 0 Å². The molecule has 24 heavy (non-hydrogen) atoms. The number of hydrogen-bond donors (Lipinski definition) is 1. The lowest BCUT2D eigenvalue weighted by Gasteiger charge is -2.14. The molecule has 2 aromatic carbocycles. The Hall–Kier alpha value is -2.85. The summed E-state index contributed by atoms with van der Waals surface area (Å²) in [7, 11) is 0. The number of carbonyl (C=O) groups is 2. The van der Waals surface area contributed by atoms with Crippen LogP contribution in [-0.2, 0) is 9.59 Å². The molecule has 120 valence electrons. The molecule has 2 amide bonds. The van der Waals surface area contributed by atoms with E-state index in [1.54, 1.807) is 30.4 Å². The molecule has 0 spiro atoms. The maximum Gasteiger partial charge on any atom is 0.282 e. The Balaban J connectivity index is 1.81. The van der Waals surface area contributed by atoms with Crippen molar-refractivity contribution in [2.75, 3.05) is 5.01 Å². The van der Waals surface area contributed by atoms with E-state index < -0.39 is 5.91 Å². The van der Waals surface area contributed by atoms with Crippen LogP contribution in [0.4, 0.5) is 5.69 Å². The Morgan fingerprint density at radius 2 is 1.75 bits per heavy atom. The number of aryl methyl sites for hydroxylation is 1. The van der Waals surface area contributed by atoms with Gasteiger partial charge < -0.3 is 0 Å². The summed E-state index contributed by atoms with van der Waals surface area (Å²) < 4.78 is 0. The summed E-state index contributed by atoms with van der Waals surface area (Å²) in [6, 6.07) is 14.7. The molecule has 0 atom stereocenters. The zero-order chi connectivity index (χ0) is 17.1. The summed E-state index contributed by atoms with van der Waals surface area (Å²) in [5.41, 5.74) is 5.17. The van der Waals surface area contributed by atoms with Crippen LogP contribution in [0.5, 0.6) is 0 Å². The topological polar surface area (TPSA) is 49.4 Å². The second-order valence-corrected chi connectivity index (χ2v) is 5.79. The monoisotopic (exact) mass is 338 g/mol. The Morgan fingerprint density at radius 3 is 2.46 bits per heavy atom. The molecule has 1 N–H and O–H groups in total. The van der Waals surface area contributed by atoms with E-state index in [1.165, 1.54) is 11.1 Å². The zero-order valence-electron chi connectivity index (χ0n) is 13.0. The third kappa shape index (κ3) is 3.24. The van der Waals surface area contributed by atoms with Gasteiger partial charge in [-0.2, -0.15) is 0 Å². The predicted octanol–water partition coefficient (Wildman–Crippen LogP) is 3.67. The summed E-state index contributed by atoms with van der Waals surface area (Å²) >= 11 is 6.07. The highest BCUT2D eigenvalue weighted by atomic mass is 35.5. The fraction of sp³-hybridized carbons (Fsp3) is 0.0526. The molecule has 0 bridgehead atoms. The maximum absolute atomic E-state index is 12.4. The molecule has 3 rings (SSSR count). The number of halogens is 1. The lowest BCUT2D eigenvalue weighted by Crippen LogP contribution is -2.35. The molecule has 2 aromatic rings. The van der Waals surface area contributed by atoms with E-state index in [1.807, 2.05) is 37.3 Å². The van der Waals surface area contributed by atoms with E-state index in [9.17, 15) is 9.59 Å². The highest BCUT2D eigenvalue weighted by Crippen LogP contribution is 2.21. The number of carbonyl (C=O) groups excluding carboxylic acids is 2. The van der Waals surface area contributed by atoms with Gasteiger partial charge in [0, 0.05) is 5.02 Å². The SMILES string of the molecule is Cc1ccc(N2NC(=O)C(=CC=Cc3ccccc3Cl)C2=O)cc1. The number of allylic oxidation sites excluding steroid dienone is 2. The zero-order valence-corrected chi connectivity index (χ0v) is 13.7. The molecule has 1 fully saturated rings. The smallest absolute Gasteiger partial charge is 0.267 e. The number of nitrogens with one attached hydrogen (secondary N) is 1. The van der Waals surface area contributed by atoms with Crippen LogP contribution in [0.3, 0.4) is 0 Å². The second kappa shape index (κ2) is 6.72. The summed E-state index contributed by atoms with van der Waals surface area (Å²) in [5, 5.41) is 1.85. The van der Waals surface area contributed by atoms with Gasteiger partial charge in [-0.1, -0.05) is 59.6 Å². The molecule has 1 saturated heterocycles. The predicted molar refractivity (Wildman–Crippen MR) is 95.4 cm³/mol. The molecule has 0 radical (unpaired) electrons. The standard InChI is InChI=1S/C19H15ClN2O2/c1-13-9-11-15(12-10-13)22-19(24)16(18(23)21-22)7-4-6-14-5-2-3-8-17(14)20/h2-12H,1H3,(H,21,23). The van der Waals surface area contributed by atoms with Crippen molar-refractivity contribution in [3.63, 3.8) is 0 Å². The van der Waals surface area contributed by atoms with E-state index in [2.05, 4.69) is 5.43 Å². The highest BCUT2D eigenvalue weighted by Gasteiger charge is 2.33. The van der Waals surface area contributed by atoms with E-state index >= 15 is 0 Å². The summed E-state index contributed by atoms with van der Waals surface area (Å²) in [6.45, 7) is 1.96. The second-order valence-electron chi connectivity index (χ2n) is 5.38. The van der Waals surface area contributed by atoms with E-state index in [-0.39, 0.29) is 11.5 Å². The first kappa shape index (κ1) is 16.0. The van der Waals surface area contributed by atoms with Crippen LogP contribution < -0.4 is 10.4 Å². The molecule has 5 heteroatoms. The maximum atomic E-state index is 12.4. The van der Waals surface area contributed by atoms with Gasteiger partial charge in [0.05, 0.1) is 5.69 Å². The van der Waals surface area contributed by atoms with Gasteiger partial charge >= 0.3 is 0 Å². The van der Waals surface area contributed by atoms with Crippen LogP contribution in [0.2, 0.25) is 5.02 Å². The number of amides is 2. The number of rotatable bonds is 3. The first-order valence-electron chi connectivity index (χ1n) is 7.41. The van der Waals surface area contributed by atoms with Crippen LogP contribution in [0.1, 0.15) is 11.1 Å². The molecule has 0 unspecified atom stereocenters. The van der Waals surface area contributed by atoms with Crippen molar-refractivity contribution in [1.29, 1.82) is 0 Å². The van der Waals surface area contributed by atoms with Crippen molar-refractivity contribution >= 4 is 35.2 Å². The van der Waals surface area contributed by atoms with Gasteiger partial charge in [-0.05, 0) is 36.8 Å². The third-order valence-electron chi connectivity index (χ3n) is 3.63. The lowest BCUT2D eigenvalue weighted by atomic mass is 10.1. The molecule has 1 heterocycles. The number of benzene rings is 2. The van der Waals surface area contributed by atoms with Gasteiger partial charge in [0.25, 0.3) is 11.8 Å². The van der Waals surface area contributed by atoms with Gasteiger partial charge in [-0.3, -0.25) is 15.0 Å². The number of hydrazine groups is 1. The fourth-order valence-electron chi connectivity index (χ4n) is 2.31. The van der Waals surface area contributed by atoms with Crippen molar-refractivity contribution in [1.82, 2.24) is 5.43 Å². The van der Waals surface area contributed by atoms with Gasteiger partial charge in [-0.15, -0.1) is 0 Å². The molecular weight excluding hydrogens is 324 g/mol. The normalized spacial score (nSPS) is 16.2. The average Bonchev–Trinajstić information content (AvgIpc) is 2.85. The lowest BCUT2D eigenvalue weighted by molar-refractivity contribution is -0.117. The van der Waals surface area contributed by atoms with Crippen LogP contribution in [-0.4, -0.2) is 11.8 Å². The number of nitrogens with zero attached hydrogens (tertiary/aromatic N) is 1. The number of hydrogen-bond acceptors (Lipinski definition) is 2. The summed E-state index contributed by atoms with van der Waals surface area (Å²) in [4.78, 5) is 24.5. The van der Waals surface area contributed by atoms with Crippen LogP contribution >= 0.6 is 11.6 Å². The van der Waals surface area contributed by atoms with Gasteiger partial charge in [0.2, 0.25) is 0 Å². The Bertz CT molecular complexity index is 854. The molecule has 0 saturated carbocycles. The first-order valence-corrected chi connectivity index (χ1v) is 7.79. The Labute approximate surface area is 145 Å². The van der Waals surface area contributed by atoms with Crippen molar-refractivity contribution in [3.05, 3.63) is 82.4 Å². The van der Waals surface area contributed by atoms with Crippen molar-refractivity contribution in [2.24, 2.45) is 0 Å². The fourth-order valence-corrected chi connectivity index (χ4v) is 2.51. The van der Waals surface area contributed by atoms with Gasteiger partial charge in [0.1, 0.15) is 5.57 Å². The van der Waals surface area contributed by atoms with Crippen LogP contribution in [0, 0.1) is 6.92 Å². The van der Waals surface area contributed by atoms with E-state index in [4.69, 9.17) is 11.6 Å². The molecular formula is C19H15ClN2O2. The molecule has 1 aliphatic rings. The Kier molecular flexibility index (Phi) is 4.49. The highest BCUT2D eigenvalue weighted by molar-refractivity contribution is 6.32. The minimum absolute atomic E-state index is 0.0823. The minimum atomic E-state index is -0.426. The van der Waals surface area contributed by atoms with Crippen molar-refractivity contribution in [3.8, 4) is 0 Å². The molecule has 4 nitrogen and oxygen atoms in total. The van der Waals surface area contributed by atoms with E-state index in [0.717, 1.165) is 11.1 Å². The quantitative estimate of drug-likeness (QED) is 0.685. The van der Waals surface area contributed by atoms with Gasteiger partial charge in [-0.25, -0.2) is 5.01 Å². The molecule has 1 aliphatic heterocycles. The van der Waals surface area contributed by atoms with Crippen molar-refractivity contribution in [2.45, 2.75) is 6.92 Å². The molecule has 0 aromatic heterocycles. The van der Waals surface area contributed by atoms with Crippen LogP contribution in [0.15, 0.2) is 66.3 Å². The van der Waals surface area contributed by atoms with Crippen molar-refractivity contribution < 1.29 is 9.59 Å². The van der Waals surface area contributed by atoms with Crippen LogP contribution in [0.25, 0.3) is 6.08 Å². The third-order valence-corrected chi connectivity index (χ3v) is 3.97. The minimum Gasteiger partial charge on any atom is -0.267 e. The largest absolute Gasteiger partial charge is 0.282 e.